The summed E-state index contributed by atoms with van der Waals surface area (Å²) in [6.45, 7) is 7.15. The molecule has 0 spiro atoms. The molecule has 126 valence electrons. The van der Waals surface area contributed by atoms with Gasteiger partial charge in [0.2, 0.25) is 0 Å². The third-order valence-corrected chi connectivity index (χ3v) is 6.05. The quantitative estimate of drug-likeness (QED) is 0.429. The molecule has 2 aromatic carbocycles. The van der Waals surface area contributed by atoms with Crippen LogP contribution in [0.1, 0.15) is 43.5 Å². The van der Waals surface area contributed by atoms with Crippen LogP contribution in [0.2, 0.25) is 0 Å². The zero-order valence-corrected chi connectivity index (χ0v) is 15.1. The Morgan fingerprint density at radius 1 is 0.880 bits per heavy atom. The maximum atomic E-state index is 3.77. The molecule has 25 heavy (non-hydrogen) atoms. The van der Waals surface area contributed by atoms with E-state index in [1.807, 2.05) is 0 Å². The SMILES string of the molecule is CC(C)(C)[C@H]1Cc2c([nH]c3ccccc23)[C@@H]1c1c[nH]c2ccccc12. The lowest BCUT2D eigenvalue weighted by atomic mass is 9.72. The fraction of sp³-hybridized carbons (Fsp3) is 0.304. The van der Waals surface area contributed by atoms with Crippen LogP contribution in [-0.4, -0.2) is 9.97 Å². The van der Waals surface area contributed by atoms with E-state index in [9.17, 15) is 0 Å². The van der Waals surface area contributed by atoms with Gasteiger partial charge in [0.05, 0.1) is 0 Å². The molecule has 2 nitrogen and oxygen atoms in total. The Hall–Kier alpha value is -2.48. The molecule has 0 unspecified atom stereocenters. The highest BCUT2D eigenvalue weighted by Crippen LogP contribution is 2.52. The standard InChI is InChI=1S/C23H24N2/c1-23(2,3)18-12-16-14-8-5-7-11-20(14)25-22(16)21(18)17-13-24-19-10-6-4-9-15(17)19/h4-11,13,18,21,24-25H,12H2,1-3H3/t18-,21+/m0/s1. The number of para-hydroxylation sites is 2. The zero-order valence-electron chi connectivity index (χ0n) is 15.1. The Labute approximate surface area is 148 Å². The number of hydrogen-bond acceptors (Lipinski definition) is 0. The molecule has 1 aliphatic carbocycles. The molecule has 5 rings (SSSR count). The van der Waals surface area contributed by atoms with Crippen LogP contribution in [0.15, 0.2) is 54.7 Å². The molecular weight excluding hydrogens is 304 g/mol. The van der Waals surface area contributed by atoms with Gasteiger partial charge in [-0.05, 0) is 41.0 Å². The minimum Gasteiger partial charge on any atom is -0.361 e. The summed E-state index contributed by atoms with van der Waals surface area (Å²) in [6.07, 6.45) is 3.38. The number of benzene rings is 2. The number of hydrogen-bond donors (Lipinski definition) is 2. The second-order valence-electron chi connectivity index (χ2n) is 8.51. The number of rotatable bonds is 1. The van der Waals surface area contributed by atoms with Crippen LogP contribution in [0.25, 0.3) is 21.8 Å². The van der Waals surface area contributed by atoms with Crippen molar-refractivity contribution in [3.8, 4) is 0 Å². The van der Waals surface area contributed by atoms with Crippen molar-refractivity contribution in [3.63, 3.8) is 0 Å². The van der Waals surface area contributed by atoms with E-state index in [2.05, 4.69) is 85.5 Å². The van der Waals surface area contributed by atoms with Crippen LogP contribution in [0.5, 0.6) is 0 Å². The summed E-state index contributed by atoms with van der Waals surface area (Å²) in [5.41, 5.74) is 7.13. The van der Waals surface area contributed by atoms with Gasteiger partial charge in [-0.25, -0.2) is 0 Å². The fourth-order valence-corrected chi connectivity index (χ4v) is 4.77. The summed E-state index contributed by atoms with van der Waals surface area (Å²) in [5.74, 6) is 1.01. The van der Waals surface area contributed by atoms with Gasteiger partial charge < -0.3 is 9.97 Å². The molecule has 0 saturated carbocycles. The minimum atomic E-state index is 0.254. The van der Waals surface area contributed by atoms with E-state index in [0.29, 0.717) is 11.8 Å². The van der Waals surface area contributed by atoms with Crippen molar-refractivity contribution in [1.82, 2.24) is 9.97 Å². The smallest absolute Gasteiger partial charge is 0.0459 e. The van der Waals surface area contributed by atoms with Crippen LogP contribution >= 0.6 is 0 Å². The van der Waals surface area contributed by atoms with Crippen molar-refractivity contribution in [3.05, 3.63) is 71.5 Å². The van der Waals surface area contributed by atoms with Gasteiger partial charge in [0.25, 0.3) is 0 Å². The molecule has 2 heterocycles. The lowest BCUT2D eigenvalue weighted by Gasteiger charge is -2.32. The Bertz CT molecular complexity index is 1070. The van der Waals surface area contributed by atoms with Gasteiger partial charge >= 0.3 is 0 Å². The van der Waals surface area contributed by atoms with E-state index < -0.39 is 0 Å². The molecule has 0 saturated heterocycles. The topological polar surface area (TPSA) is 31.6 Å². The summed E-state index contributed by atoms with van der Waals surface area (Å²) in [6, 6.07) is 17.4. The molecule has 1 aliphatic rings. The third-order valence-electron chi connectivity index (χ3n) is 6.05. The number of H-pyrrole nitrogens is 2. The molecule has 0 fully saturated rings. The van der Waals surface area contributed by atoms with Gasteiger partial charge in [-0.15, -0.1) is 0 Å². The Morgan fingerprint density at radius 2 is 1.56 bits per heavy atom. The molecule has 4 aromatic rings. The number of fused-ring (bicyclic) bond motifs is 4. The summed E-state index contributed by atoms with van der Waals surface area (Å²) >= 11 is 0. The average Bonchev–Trinajstić information content (AvgIpc) is 3.24. The van der Waals surface area contributed by atoms with Gasteiger partial charge in [0.15, 0.2) is 0 Å². The number of aromatic amines is 2. The molecule has 0 radical (unpaired) electrons. The van der Waals surface area contributed by atoms with Crippen LogP contribution in [0.3, 0.4) is 0 Å². The predicted molar refractivity (Wildman–Crippen MR) is 105 cm³/mol. The highest BCUT2D eigenvalue weighted by atomic mass is 14.8. The van der Waals surface area contributed by atoms with Crippen LogP contribution in [-0.2, 0) is 6.42 Å². The second-order valence-corrected chi connectivity index (χ2v) is 8.51. The lowest BCUT2D eigenvalue weighted by Crippen LogP contribution is -2.25. The predicted octanol–water partition coefficient (Wildman–Crippen LogP) is 6.00. The lowest BCUT2D eigenvalue weighted by molar-refractivity contribution is 0.229. The summed E-state index contributed by atoms with van der Waals surface area (Å²) < 4.78 is 0. The van der Waals surface area contributed by atoms with Gasteiger partial charge in [0, 0.05) is 39.6 Å². The average molecular weight is 328 g/mol. The molecular formula is C23H24N2. The first kappa shape index (κ1) is 14.8. The number of aromatic nitrogens is 2. The summed E-state index contributed by atoms with van der Waals surface area (Å²) in [4.78, 5) is 7.26. The normalized spacial score (nSPS) is 20.4. The molecule has 2 atom stereocenters. The first-order valence-corrected chi connectivity index (χ1v) is 9.19. The van der Waals surface area contributed by atoms with Crippen molar-refractivity contribution < 1.29 is 0 Å². The van der Waals surface area contributed by atoms with Crippen LogP contribution in [0, 0.1) is 11.3 Å². The van der Waals surface area contributed by atoms with Crippen LogP contribution in [0.4, 0.5) is 0 Å². The van der Waals surface area contributed by atoms with E-state index in [0.717, 1.165) is 6.42 Å². The first-order valence-electron chi connectivity index (χ1n) is 9.19. The van der Waals surface area contributed by atoms with E-state index in [1.54, 1.807) is 0 Å². The van der Waals surface area contributed by atoms with E-state index in [-0.39, 0.29) is 5.41 Å². The molecule has 0 bridgehead atoms. The molecule has 2 heteroatoms. The third kappa shape index (κ3) is 2.10. The zero-order chi connectivity index (χ0) is 17.2. The Kier molecular flexibility index (Phi) is 2.97. The minimum absolute atomic E-state index is 0.254. The fourth-order valence-electron chi connectivity index (χ4n) is 4.77. The van der Waals surface area contributed by atoms with Crippen molar-refractivity contribution in [2.24, 2.45) is 11.3 Å². The highest BCUT2D eigenvalue weighted by molar-refractivity contribution is 5.88. The van der Waals surface area contributed by atoms with Gasteiger partial charge in [-0.1, -0.05) is 57.2 Å². The molecule has 0 aliphatic heterocycles. The van der Waals surface area contributed by atoms with Gasteiger partial charge in [-0.2, -0.15) is 0 Å². The molecule has 2 N–H and O–H groups in total. The molecule has 2 aromatic heterocycles. The van der Waals surface area contributed by atoms with E-state index in [4.69, 9.17) is 0 Å². The number of nitrogens with one attached hydrogen (secondary N) is 2. The first-order chi connectivity index (χ1) is 12.0. The summed E-state index contributed by atoms with van der Waals surface area (Å²) in [7, 11) is 0. The van der Waals surface area contributed by atoms with Crippen molar-refractivity contribution >= 4 is 21.8 Å². The summed E-state index contributed by atoms with van der Waals surface area (Å²) in [5, 5.41) is 2.75. The second kappa shape index (κ2) is 5.01. The largest absolute Gasteiger partial charge is 0.361 e. The highest BCUT2D eigenvalue weighted by Gasteiger charge is 2.43. The van der Waals surface area contributed by atoms with Crippen LogP contribution < -0.4 is 0 Å². The Morgan fingerprint density at radius 3 is 2.32 bits per heavy atom. The van der Waals surface area contributed by atoms with Crippen molar-refractivity contribution in [1.29, 1.82) is 0 Å². The van der Waals surface area contributed by atoms with E-state index in [1.165, 1.54) is 38.6 Å². The molecule has 0 amide bonds. The van der Waals surface area contributed by atoms with Gasteiger partial charge in [0.1, 0.15) is 0 Å². The van der Waals surface area contributed by atoms with Gasteiger partial charge in [-0.3, -0.25) is 0 Å². The van der Waals surface area contributed by atoms with E-state index >= 15 is 0 Å². The monoisotopic (exact) mass is 328 g/mol. The maximum Gasteiger partial charge on any atom is 0.0459 e. The Balaban J connectivity index is 1.77. The van der Waals surface area contributed by atoms with Crippen molar-refractivity contribution in [2.45, 2.75) is 33.1 Å². The maximum absolute atomic E-state index is 3.77. The van der Waals surface area contributed by atoms with Crippen molar-refractivity contribution in [2.75, 3.05) is 0 Å².